The van der Waals surface area contributed by atoms with Crippen LogP contribution in [0.1, 0.15) is 6.42 Å². The second-order valence-electron chi connectivity index (χ2n) is 3.99. The van der Waals surface area contributed by atoms with Crippen LogP contribution in [0.2, 0.25) is 0 Å². The zero-order valence-corrected chi connectivity index (χ0v) is 11.5. The van der Waals surface area contributed by atoms with Gasteiger partial charge in [-0.3, -0.25) is 0 Å². The van der Waals surface area contributed by atoms with E-state index in [0.29, 0.717) is 39.6 Å². The van der Waals surface area contributed by atoms with Crippen molar-refractivity contribution < 1.29 is 18.9 Å². The molecule has 0 atom stereocenters. The van der Waals surface area contributed by atoms with Gasteiger partial charge in [0.2, 0.25) is 0 Å². The SMILES string of the molecule is COCCOCCCOCCOc1ccc(N)cc1. The van der Waals surface area contributed by atoms with Gasteiger partial charge < -0.3 is 24.7 Å². The molecule has 1 rings (SSSR count). The molecule has 0 bridgehead atoms. The Morgan fingerprint density at radius 1 is 0.842 bits per heavy atom. The van der Waals surface area contributed by atoms with E-state index in [4.69, 9.17) is 24.7 Å². The third-order valence-electron chi connectivity index (χ3n) is 2.39. The van der Waals surface area contributed by atoms with Crippen LogP contribution in [0.4, 0.5) is 5.69 Å². The highest BCUT2D eigenvalue weighted by Crippen LogP contribution is 2.12. The van der Waals surface area contributed by atoms with Crippen LogP contribution in [-0.4, -0.2) is 46.8 Å². The topological polar surface area (TPSA) is 62.9 Å². The van der Waals surface area contributed by atoms with E-state index in [1.807, 2.05) is 24.3 Å². The van der Waals surface area contributed by atoms with E-state index in [9.17, 15) is 0 Å². The van der Waals surface area contributed by atoms with Gasteiger partial charge in [-0.15, -0.1) is 0 Å². The maximum Gasteiger partial charge on any atom is 0.119 e. The Kier molecular flexibility index (Phi) is 8.80. The van der Waals surface area contributed by atoms with Gasteiger partial charge in [0.05, 0.1) is 19.8 Å². The summed E-state index contributed by atoms with van der Waals surface area (Å²) in [5.41, 5.74) is 6.31. The van der Waals surface area contributed by atoms with Gasteiger partial charge in [-0.2, -0.15) is 0 Å². The van der Waals surface area contributed by atoms with Gasteiger partial charge in [0.15, 0.2) is 0 Å². The minimum atomic E-state index is 0.536. The highest BCUT2D eigenvalue weighted by molar-refractivity contribution is 5.41. The molecule has 0 spiro atoms. The monoisotopic (exact) mass is 269 g/mol. The Hall–Kier alpha value is -1.30. The van der Waals surface area contributed by atoms with Crippen molar-refractivity contribution in [2.24, 2.45) is 0 Å². The van der Waals surface area contributed by atoms with Crippen molar-refractivity contribution in [2.45, 2.75) is 6.42 Å². The molecule has 2 N–H and O–H groups in total. The number of rotatable bonds is 11. The molecule has 0 aliphatic heterocycles. The lowest BCUT2D eigenvalue weighted by molar-refractivity contribution is 0.0459. The van der Waals surface area contributed by atoms with E-state index in [1.165, 1.54) is 0 Å². The van der Waals surface area contributed by atoms with Crippen LogP contribution < -0.4 is 10.5 Å². The molecule has 19 heavy (non-hydrogen) atoms. The fourth-order valence-corrected chi connectivity index (χ4v) is 1.39. The molecule has 0 aliphatic rings. The minimum Gasteiger partial charge on any atom is -0.491 e. The fourth-order valence-electron chi connectivity index (χ4n) is 1.39. The van der Waals surface area contributed by atoms with E-state index < -0.39 is 0 Å². The Balaban J connectivity index is 1.87. The predicted octanol–water partition coefficient (Wildman–Crippen LogP) is 1.72. The molecule has 0 amide bonds. The van der Waals surface area contributed by atoms with Crippen LogP contribution in [-0.2, 0) is 14.2 Å². The van der Waals surface area contributed by atoms with Gasteiger partial charge in [0, 0.05) is 26.0 Å². The summed E-state index contributed by atoms with van der Waals surface area (Å²) in [4.78, 5) is 0. The largest absolute Gasteiger partial charge is 0.491 e. The molecule has 108 valence electrons. The van der Waals surface area contributed by atoms with Gasteiger partial charge in [-0.25, -0.2) is 0 Å². The van der Waals surface area contributed by atoms with Gasteiger partial charge in [0.25, 0.3) is 0 Å². The van der Waals surface area contributed by atoms with Crippen molar-refractivity contribution >= 4 is 5.69 Å². The zero-order valence-electron chi connectivity index (χ0n) is 11.5. The van der Waals surface area contributed by atoms with Gasteiger partial charge >= 0.3 is 0 Å². The molecule has 0 heterocycles. The lowest BCUT2D eigenvalue weighted by Gasteiger charge is -2.07. The molecular formula is C14H23NO4. The summed E-state index contributed by atoms with van der Waals surface area (Å²) in [6.07, 6.45) is 0.881. The Bertz CT molecular complexity index is 316. The highest BCUT2D eigenvalue weighted by atomic mass is 16.5. The molecule has 5 heteroatoms. The summed E-state index contributed by atoms with van der Waals surface area (Å²) in [7, 11) is 1.66. The quantitative estimate of drug-likeness (QED) is 0.489. The van der Waals surface area contributed by atoms with E-state index in [-0.39, 0.29) is 0 Å². The summed E-state index contributed by atoms with van der Waals surface area (Å²) >= 11 is 0. The number of hydrogen-bond acceptors (Lipinski definition) is 5. The Morgan fingerprint density at radius 2 is 1.47 bits per heavy atom. The molecule has 0 fully saturated rings. The predicted molar refractivity (Wildman–Crippen MR) is 74.5 cm³/mol. The molecule has 0 aromatic heterocycles. The average Bonchev–Trinajstić information content (AvgIpc) is 2.43. The first-order chi connectivity index (χ1) is 9.33. The second kappa shape index (κ2) is 10.6. The van der Waals surface area contributed by atoms with E-state index in [2.05, 4.69) is 0 Å². The minimum absolute atomic E-state index is 0.536. The summed E-state index contributed by atoms with van der Waals surface area (Å²) in [6, 6.07) is 7.32. The number of methoxy groups -OCH3 is 1. The van der Waals surface area contributed by atoms with Gasteiger partial charge in [0.1, 0.15) is 12.4 Å². The first-order valence-electron chi connectivity index (χ1n) is 6.45. The number of benzene rings is 1. The maximum absolute atomic E-state index is 5.58. The van der Waals surface area contributed by atoms with Gasteiger partial charge in [-0.05, 0) is 30.7 Å². The maximum atomic E-state index is 5.58. The summed E-state index contributed by atoms with van der Waals surface area (Å²) in [5.74, 6) is 0.806. The first-order valence-corrected chi connectivity index (χ1v) is 6.45. The molecule has 0 radical (unpaired) electrons. The first kappa shape index (κ1) is 15.8. The van der Waals surface area contributed by atoms with Crippen LogP contribution in [0.3, 0.4) is 0 Å². The molecule has 0 saturated carbocycles. The molecular weight excluding hydrogens is 246 g/mol. The number of hydrogen-bond donors (Lipinski definition) is 1. The van der Waals surface area contributed by atoms with Crippen LogP contribution in [0.15, 0.2) is 24.3 Å². The summed E-state index contributed by atoms with van der Waals surface area (Å²) < 4.78 is 21.1. The van der Waals surface area contributed by atoms with E-state index >= 15 is 0 Å². The van der Waals surface area contributed by atoms with Crippen LogP contribution in [0.25, 0.3) is 0 Å². The van der Waals surface area contributed by atoms with Crippen molar-refractivity contribution in [3.05, 3.63) is 24.3 Å². The van der Waals surface area contributed by atoms with Crippen LogP contribution in [0.5, 0.6) is 5.75 Å². The van der Waals surface area contributed by atoms with Crippen molar-refractivity contribution in [2.75, 3.05) is 52.5 Å². The molecule has 0 saturated heterocycles. The summed E-state index contributed by atoms with van der Waals surface area (Å²) in [6.45, 7) is 3.75. The lowest BCUT2D eigenvalue weighted by atomic mass is 10.3. The molecule has 0 aliphatic carbocycles. The third-order valence-corrected chi connectivity index (χ3v) is 2.39. The molecule has 5 nitrogen and oxygen atoms in total. The van der Waals surface area contributed by atoms with Crippen LogP contribution >= 0.6 is 0 Å². The average molecular weight is 269 g/mol. The van der Waals surface area contributed by atoms with Crippen molar-refractivity contribution in [3.8, 4) is 5.75 Å². The number of nitrogen functional groups attached to an aromatic ring is 1. The van der Waals surface area contributed by atoms with Crippen molar-refractivity contribution in [1.82, 2.24) is 0 Å². The summed E-state index contributed by atoms with van der Waals surface area (Å²) in [5, 5.41) is 0. The normalized spacial score (nSPS) is 10.6. The van der Waals surface area contributed by atoms with Crippen LogP contribution in [0, 0.1) is 0 Å². The smallest absolute Gasteiger partial charge is 0.119 e. The van der Waals surface area contributed by atoms with Gasteiger partial charge in [-0.1, -0.05) is 0 Å². The zero-order chi connectivity index (χ0) is 13.8. The second-order valence-corrected chi connectivity index (χ2v) is 3.99. The third kappa shape index (κ3) is 8.42. The van der Waals surface area contributed by atoms with E-state index in [1.54, 1.807) is 7.11 Å². The van der Waals surface area contributed by atoms with Crippen molar-refractivity contribution in [1.29, 1.82) is 0 Å². The Morgan fingerprint density at radius 3 is 2.11 bits per heavy atom. The lowest BCUT2D eigenvalue weighted by Crippen LogP contribution is -2.09. The number of nitrogens with two attached hydrogens (primary N) is 1. The van der Waals surface area contributed by atoms with Crippen molar-refractivity contribution in [3.63, 3.8) is 0 Å². The fraction of sp³-hybridized carbons (Fsp3) is 0.571. The number of anilines is 1. The standard InChI is InChI=1S/C14H23NO4/c1-16-9-10-17-7-2-8-18-11-12-19-14-5-3-13(15)4-6-14/h3-6H,2,7-12,15H2,1H3. The number of ether oxygens (including phenoxy) is 4. The molecule has 1 aromatic rings. The Labute approximate surface area is 114 Å². The molecule has 0 unspecified atom stereocenters. The highest BCUT2D eigenvalue weighted by Gasteiger charge is 1.94. The van der Waals surface area contributed by atoms with E-state index in [0.717, 1.165) is 17.9 Å². The molecule has 1 aromatic carbocycles.